The summed E-state index contributed by atoms with van der Waals surface area (Å²) in [5.41, 5.74) is 14.0. The Bertz CT molecular complexity index is 839. The van der Waals surface area contributed by atoms with E-state index in [4.69, 9.17) is 11.5 Å². The van der Waals surface area contributed by atoms with E-state index in [1.807, 2.05) is 0 Å². The molecule has 8 unspecified atom stereocenters. The molecule has 8 atom stereocenters. The molecule has 0 bridgehead atoms. The molecule has 35 heavy (non-hydrogen) atoms. The van der Waals surface area contributed by atoms with E-state index in [-0.39, 0.29) is 47.7 Å². The Morgan fingerprint density at radius 3 is 2.60 bits per heavy atom. The fourth-order valence-electron chi connectivity index (χ4n) is 6.65. The number of carbonyl (C=O) groups excluding carboxylic acids is 2. The Labute approximate surface area is 209 Å². The zero-order chi connectivity index (χ0) is 25.3. The van der Waals surface area contributed by atoms with Crippen LogP contribution in [0.25, 0.3) is 0 Å². The number of likely N-dealkylation sites (N-methyl/N-ethyl adjacent to an activating group) is 1. The van der Waals surface area contributed by atoms with Crippen LogP contribution in [0.15, 0.2) is 23.8 Å². The number of halogens is 1. The Hall–Kier alpha value is -1.77. The third kappa shape index (κ3) is 5.65. The molecule has 4 rings (SSSR count). The lowest BCUT2D eigenvalue weighted by molar-refractivity contribution is -0.135. The first-order valence-electron chi connectivity index (χ1n) is 13.5. The van der Waals surface area contributed by atoms with Gasteiger partial charge in [0.25, 0.3) is 0 Å². The molecular formula is C27H44FN5O2. The SMILES string of the molecule is CC1=CC=CC2C(C(=O)NC3CC(N(C)C(=O)C(N)C(N)C4CCC(F)CC4)CCC3C)CNC12. The summed E-state index contributed by atoms with van der Waals surface area (Å²) < 4.78 is 13.5. The van der Waals surface area contributed by atoms with Gasteiger partial charge in [0, 0.05) is 43.7 Å². The van der Waals surface area contributed by atoms with Gasteiger partial charge in [-0.1, -0.05) is 30.7 Å². The van der Waals surface area contributed by atoms with Gasteiger partial charge < -0.3 is 27.0 Å². The van der Waals surface area contributed by atoms with Crippen LogP contribution < -0.4 is 22.1 Å². The molecule has 2 amide bonds. The molecule has 1 heterocycles. The van der Waals surface area contributed by atoms with E-state index in [1.165, 1.54) is 5.57 Å². The molecule has 4 aliphatic rings. The third-order valence-corrected chi connectivity index (χ3v) is 9.26. The quantitative estimate of drug-likeness (QED) is 0.456. The van der Waals surface area contributed by atoms with Crippen molar-refractivity contribution >= 4 is 11.8 Å². The summed E-state index contributed by atoms with van der Waals surface area (Å²) in [5.74, 6) is 0.478. The number of nitrogens with one attached hydrogen (secondary N) is 2. The lowest BCUT2D eigenvalue weighted by Gasteiger charge is -2.41. The smallest absolute Gasteiger partial charge is 0.241 e. The predicted octanol–water partition coefficient (Wildman–Crippen LogP) is 2.02. The van der Waals surface area contributed by atoms with Gasteiger partial charge in [-0.05, 0) is 63.7 Å². The van der Waals surface area contributed by atoms with Crippen LogP contribution in [0.4, 0.5) is 4.39 Å². The summed E-state index contributed by atoms with van der Waals surface area (Å²) in [6.45, 7) is 4.96. The molecule has 0 aromatic rings. The second kappa shape index (κ2) is 11.1. The number of nitrogens with two attached hydrogens (primary N) is 2. The minimum atomic E-state index is -0.788. The molecule has 2 saturated carbocycles. The van der Waals surface area contributed by atoms with Crippen LogP contribution in [0.1, 0.15) is 58.8 Å². The molecule has 0 radical (unpaired) electrons. The second-order valence-electron chi connectivity index (χ2n) is 11.5. The van der Waals surface area contributed by atoms with Crippen LogP contribution in [0.3, 0.4) is 0 Å². The van der Waals surface area contributed by atoms with E-state index >= 15 is 0 Å². The number of allylic oxidation sites excluding steroid dienone is 2. The first-order valence-corrected chi connectivity index (χ1v) is 13.5. The van der Waals surface area contributed by atoms with Crippen LogP contribution in [-0.4, -0.2) is 66.7 Å². The number of fused-ring (bicyclic) bond motifs is 1. The molecule has 3 fully saturated rings. The van der Waals surface area contributed by atoms with Gasteiger partial charge in [0.1, 0.15) is 6.17 Å². The molecule has 8 heteroatoms. The van der Waals surface area contributed by atoms with Crippen molar-refractivity contribution in [2.45, 2.75) is 95.2 Å². The van der Waals surface area contributed by atoms with Crippen molar-refractivity contribution in [3.8, 4) is 0 Å². The van der Waals surface area contributed by atoms with Crippen molar-refractivity contribution in [1.29, 1.82) is 0 Å². The van der Waals surface area contributed by atoms with Crippen molar-refractivity contribution < 1.29 is 14.0 Å². The maximum absolute atomic E-state index is 13.5. The first-order chi connectivity index (χ1) is 16.7. The molecule has 6 N–H and O–H groups in total. The number of alkyl halides is 1. The van der Waals surface area contributed by atoms with Crippen LogP contribution in [0.5, 0.6) is 0 Å². The summed E-state index contributed by atoms with van der Waals surface area (Å²) in [4.78, 5) is 28.3. The molecule has 0 aromatic heterocycles. The monoisotopic (exact) mass is 489 g/mol. The first kappa shape index (κ1) is 26.3. The van der Waals surface area contributed by atoms with Gasteiger partial charge in [0.2, 0.25) is 11.8 Å². The number of carbonyl (C=O) groups is 2. The van der Waals surface area contributed by atoms with E-state index in [1.54, 1.807) is 11.9 Å². The van der Waals surface area contributed by atoms with Crippen LogP contribution in [-0.2, 0) is 9.59 Å². The number of hydrogen-bond acceptors (Lipinski definition) is 5. The van der Waals surface area contributed by atoms with Gasteiger partial charge in [0.05, 0.1) is 12.0 Å². The highest BCUT2D eigenvalue weighted by atomic mass is 19.1. The minimum Gasteiger partial charge on any atom is -0.353 e. The van der Waals surface area contributed by atoms with Crippen LogP contribution >= 0.6 is 0 Å². The number of rotatable bonds is 6. The van der Waals surface area contributed by atoms with E-state index in [0.29, 0.717) is 44.6 Å². The zero-order valence-electron chi connectivity index (χ0n) is 21.5. The summed E-state index contributed by atoms with van der Waals surface area (Å²) in [7, 11) is 1.81. The maximum atomic E-state index is 13.5. The summed E-state index contributed by atoms with van der Waals surface area (Å²) in [6.07, 6.45) is 10.5. The average Bonchev–Trinajstić information content (AvgIpc) is 3.30. The maximum Gasteiger partial charge on any atom is 0.241 e. The number of hydrogen-bond donors (Lipinski definition) is 4. The summed E-state index contributed by atoms with van der Waals surface area (Å²) in [5, 5.41) is 6.83. The van der Waals surface area contributed by atoms with Crippen molar-refractivity contribution in [3.63, 3.8) is 0 Å². The Morgan fingerprint density at radius 1 is 1.17 bits per heavy atom. The summed E-state index contributed by atoms with van der Waals surface area (Å²) in [6, 6.07) is -0.979. The lowest BCUT2D eigenvalue weighted by atomic mass is 9.79. The molecule has 0 aromatic carbocycles. The van der Waals surface area contributed by atoms with Crippen LogP contribution in [0.2, 0.25) is 0 Å². The largest absolute Gasteiger partial charge is 0.353 e. The topological polar surface area (TPSA) is 113 Å². The second-order valence-corrected chi connectivity index (χ2v) is 11.5. The standard InChI is InChI=1S/C27H44FN5O2/c1-15-7-12-19(33(3)27(35)24(30)23(29)17-8-10-18(28)11-9-17)13-22(15)32-26(34)21-14-31-25-16(2)5-4-6-20(21)25/h4-6,15,17-25,31H,7-14,29-30H2,1-3H3,(H,32,34). The Kier molecular flexibility index (Phi) is 8.34. The minimum absolute atomic E-state index is 0.0121. The van der Waals surface area contributed by atoms with Crippen molar-refractivity contribution in [1.82, 2.24) is 15.5 Å². The molecule has 1 aliphatic heterocycles. The van der Waals surface area contributed by atoms with Gasteiger partial charge in [-0.3, -0.25) is 9.59 Å². The van der Waals surface area contributed by atoms with Gasteiger partial charge in [-0.2, -0.15) is 0 Å². The van der Waals surface area contributed by atoms with Crippen molar-refractivity contribution in [2.75, 3.05) is 13.6 Å². The highest BCUT2D eigenvalue weighted by Gasteiger charge is 2.42. The zero-order valence-corrected chi connectivity index (χ0v) is 21.5. The average molecular weight is 490 g/mol. The fourth-order valence-corrected chi connectivity index (χ4v) is 6.65. The van der Waals surface area contributed by atoms with Gasteiger partial charge in [-0.15, -0.1) is 0 Å². The van der Waals surface area contributed by atoms with E-state index in [0.717, 1.165) is 12.8 Å². The normalized spacial score (nSPS) is 38.7. The van der Waals surface area contributed by atoms with E-state index in [2.05, 4.69) is 42.7 Å². The van der Waals surface area contributed by atoms with Gasteiger partial charge in [0.15, 0.2) is 0 Å². The third-order valence-electron chi connectivity index (χ3n) is 9.26. The van der Waals surface area contributed by atoms with Crippen molar-refractivity contribution in [3.05, 3.63) is 23.8 Å². The van der Waals surface area contributed by atoms with Gasteiger partial charge in [-0.25, -0.2) is 4.39 Å². The van der Waals surface area contributed by atoms with Crippen molar-refractivity contribution in [2.24, 2.45) is 35.1 Å². The lowest BCUT2D eigenvalue weighted by Crippen LogP contribution is -2.59. The predicted molar refractivity (Wildman–Crippen MR) is 136 cm³/mol. The fraction of sp³-hybridized carbons (Fsp3) is 0.778. The number of nitrogens with zero attached hydrogens (tertiary/aromatic N) is 1. The molecular weight excluding hydrogens is 445 g/mol. The molecule has 196 valence electrons. The van der Waals surface area contributed by atoms with Crippen LogP contribution in [0, 0.1) is 23.7 Å². The Balaban J connectivity index is 1.33. The summed E-state index contributed by atoms with van der Waals surface area (Å²) >= 11 is 0. The molecule has 1 saturated heterocycles. The molecule has 7 nitrogen and oxygen atoms in total. The highest BCUT2D eigenvalue weighted by Crippen LogP contribution is 2.33. The van der Waals surface area contributed by atoms with E-state index < -0.39 is 18.3 Å². The molecule has 3 aliphatic carbocycles. The highest BCUT2D eigenvalue weighted by molar-refractivity contribution is 5.83. The number of amides is 2. The Morgan fingerprint density at radius 2 is 1.89 bits per heavy atom. The molecule has 0 spiro atoms. The van der Waals surface area contributed by atoms with E-state index in [9.17, 15) is 14.0 Å². The van der Waals surface area contributed by atoms with Gasteiger partial charge >= 0.3 is 0 Å².